The molecule has 1 amide bonds. The molecule has 1 aliphatic rings. The summed E-state index contributed by atoms with van der Waals surface area (Å²) in [7, 11) is 0. The maximum atomic E-state index is 12.0. The Kier molecular flexibility index (Phi) is 5.22. The predicted octanol–water partition coefficient (Wildman–Crippen LogP) is 2.47. The number of nitrogens with zero attached hydrogens (tertiary/aromatic N) is 3. The van der Waals surface area contributed by atoms with E-state index in [1.807, 2.05) is 6.92 Å². The number of hydrogen-bond acceptors (Lipinski definition) is 6. The molecule has 1 unspecified atom stereocenters. The van der Waals surface area contributed by atoms with Gasteiger partial charge in [-0.15, -0.1) is 0 Å². The van der Waals surface area contributed by atoms with E-state index in [0.29, 0.717) is 22.9 Å². The van der Waals surface area contributed by atoms with E-state index in [9.17, 15) is 9.59 Å². The third-order valence-corrected chi connectivity index (χ3v) is 4.11. The number of amides is 1. The summed E-state index contributed by atoms with van der Waals surface area (Å²) >= 11 is 6.30. The minimum atomic E-state index is -0.991. The van der Waals surface area contributed by atoms with E-state index in [1.54, 1.807) is 24.4 Å². The molecule has 136 valence electrons. The normalized spacial score (nSPS) is 14.4. The van der Waals surface area contributed by atoms with Crippen molar-refractivity contribution < 1.29 is 24.2 Å². The van der Waals surface area contributed by atoms with Crippen molar-refractivity contribution in [1.82, 2.24) is 10.2 Å². The lowest BCUT2D eigenvalue weighted by molar-refractivity contribution is -0.136. The van der Waals surface area contributed by atoms with Crippen LogP contribution in [-0.4, -0.2) is 40.3 Å². The molecule has 0 spiro atoms. The van der Waals surface area contributed by atoms with Crippen LogP contribution in [0.5, 0.6) is 11.5 Å². The number of benzene rings is 1. The fourth-order valence-corrected chi connectivity index (χ4v) is 2.73. The summed E-state index contributed by atoms with van der Waals surface area (Å²) in [5.41, 5.74) is 1.06. The van der Waals surface area contributed by atoms with Crippen LogP contribution in [0, 0.1) is 0 Å². The highest BCUT2D eigenvalue weighted by Crippen LogP contribution is 2.41. The van der Waals surface area contributed by atoms with Crippen molar-refractivity contribution in [3.8, 4) is 11.5 Å². The Morgan fingerprint density at radius 2 is 2.31 bits per heavy atom. The second kappa shape index (κ2) is 7.57. The van der Waals surface area contributed by atoms with Crippen molar-refractivity contribution in [3.63, 3.8) is 0 Å². The molecule has 1 atom stereocenters. The summed E-state index contributed by atoms with van der Waals surface area (Å²) in [5, 5.41) is 16.9. The number of hydrogen-bond donors (Lipinski definition) is 1. The first kappa shape index (κ1) is 17.9. The summed E-state index contributed by atoms with van der Waals surface area (Å²) in [6.45, 7) is 1.67. The third kappa shape index (κ3) is 3.85. The average Bonchev–Trinajstić information content (AvgIpc) is 2.62. The van der Waals surface area contributed by atoms with Gasteiger partial charge in [0.15, 0.2) is 6.61 Å². The molecule has 8 nitrogen and oxygen atoms in total. The summed E-state index contributed by atoms with van der Waals surface area (Å²) in [4.78, 5) is 24.2. The molecule has 9 heteroatoms. The van der Waals surface area contributed by atoms with Crippen LogP contribution in [0.25, 0.3) is 0 Å². The van der Waals surface area contributed by atoms with Gasteiger partial charge in [0.2, 0.25) is 0 Å². The van der Waals surface area contributed by atoms with Gasteiger partial charge >= 0.3 is 5.97 Å². The van der Waals surface area contributed by atoms with Gasteiger partial charge in [-0.2, -0.15) is 10.2 Å². The molecule has 1 N–H and O–H groups in total. The SMILES string of the molecule is CC(Oc1cc2c(cc1Cl)N(CCC(=O)O)C(=O)CO2)c1cccnn1. The highest BCUT2D eigenvalue weighted by atomic mass is 35.5. The first-order valence-electron chi connectivity index (χ1n) is 7.88. The molecule has 26 heavy (non-hydrogen) atoms. The number of halogens is 1. The molecule has 1 aromatic carbocycles. The van der Waals surface area contributed by atoms with Crippen LogP contribution in [0.2, 0.25) is 5.02 Å². The average molecular weight is 378 g/mol. The smallest absolute Gasteiger partial charge is 0.305 e. The Hall–Kier alpha value is -2.87. The van der Waals surface area contributed by atoms with Crippen molar-refractivity contribution in [3.05, 3.63) is 41.2 Å². The Balaban J connectivity index is 1.85. The molecule has 0 saturated heterocycles. The molecule has 1 aromatic heterocycles. The molecule has 0 bridgehead atoms. The maximum Gasteiger partial charge on any atom is 0.305 e. The van der Waals surface area contributed by atoms with Crippen LogP contribution < -0.4 is 14.4 Å². The number of carbonyl (C=O) groups excluding carboxylic acids is 1. The lowest BCUT2D eigenvalue weighted by atomic mass is 10.2. The summed E-state index contributed by atoms with van der Waals surface area (Å²) in [5.74, 6) is -0.539. The summed E-state index contributed by atoms with van der Waals surface area (Å²) in [6, 6.07) is 6.66. The lowest BCUT2D eigenvalue weighted by Gasteiger charge is -2.30. The second-order valence-corrected chi connectivity index (χ2v) is 6.04. The Labute approximate surface area is 154 Å². The van der Waals surface area contributed by atoms with E-state index < -0.39 is 12.1 Å². The Morgan fingerprint density at radius 3 is 3.00 bits per heavy atom. The monoisotopic (exact) mass is 377 g/mol. The van der Waals surface area contributed by atoms with Gasteiger partial charge in [0.25, 0.3) is 5.91 Å². The molecule has 0 saturated carbocycles. The number of carboxylic acid groups (broad SMARTS) is 1. The van der Waals surface area contributed by atoms with Crippen LogP contribution in [-0.2, 0) is 9.59 Å². The predicted molar refractivity (Wildman–Crippen MR) is 92.6 cm³/mol. The van der Waals surface area contributed by atoms with E-state index in [-0.39, 0.29) is 30.5 Å². The Morgan fingerprint density at radius 1 is 1.50 bits per heavy atom. The topological polar surface area (TPSA) is 102 Å². The largest absolute Gasteiger partial charge is 0.483 e. The fraction of sp³-hybridized carbons (Fsp3) is 0.294. The highest BCUT2D eigenvalue weighted by molar-refractivity contribution is 6.32. The summed E-state index contributed by atoms with van der Waals surface area (Å²) < 4.78 is 11.3. The number of ether oxygens (including phenoxy) is 2. The molecule has 0 radical (unpaired) electrons. The lowest BCUT2D eigenvalue weighted by Crippen LogP contribution is -2.40. The van der Waals surface area contributed by atoms with Gasteiger partial charge in [0.05, 0.1) is 17.1 Å². The van der Waals surface area contributed by atoms with Crippen molar-refractivity contribution in [1.29, 1.82) is 0 Å². The van der Waals surface area contributed by atoms with E-state index in [0.717, 1.165) is 0 Å². The van der Waals surface area contributed by atoms with Crippen LogP contribution in [0.1, 0.15) is 25.1 Å². The first-order valence-corrected chi connectivity index (χ1v) is 8.26. The summed E-state index contributed by atoms with van der Waals surface area (Å²) in [6.07, 6.45) is 0.997. The van der Waals surface area contributed by atoms with E-state index in [2.05, 4.69) is 10.2 Å². The van der Waals surface area contributed by atoms with Gasteiger partial charge in [-0.05, 0) is 25.1 Å². The van der Waals surface area contributed by atoms with Gasteiger partial charge in [0, 0.05) is 18.8 Å². The first-order chi connectivity index (χ1) is 12.5. The van der Waals surface area contributed by atoms with E-state index in [4.69, 9.17) is 26.2 Å². The number of aliphatic carboxylic acids is 1. The molecule has 1 aliphatic heterocycles. The zero-order valence-electron chi connectivity index (χ0n) is 13.9. The van der Waals surface area contributed by atoms with Crippen LogP contribution >= 0.6 is 11.6 Å². The van der Waals surface area contributed by atoms with Gasteiger partial charge in [-0.3, -0.25) is 9.59 Å². The molecule has 0 aliphatic carbocycles. The van der Waals surface area contributed by atoms with Crippen LogP contribution in [0.4, 0.5) is 5.69 Å². The highest BCUT2D eigenvalue weighted by Gasteiger charge is 2.28. The molecule has 3 rings (SSSR count). The Bertz CT molecular complexity index is 831. The number of anilines is 1. The van der Waals surface area contributed by atoms with Crippen molar-refractivity contribution in [2.75, 3.05) is 18.1 Å². The third-order valence-electron chi connectivity index (χ3n) is 3.82. The standard InChI is InChI=1S/C17H16ClN3O5/c1-10(12-3-2-5-19-20-12)26-14-8-15-13(7-11(14)18)21(6-4-17(23)24)16(22)9-25-15/h2-3,5,7-8,10H,4,6,9H2,1H3,(H,23,24). The molecule has 0 fully saturated rings. The van der Waals surface area contributed by atoms with Crippen molar-refractivity contribution in [2.24, 2.45) is 0 Å². The second-order valence-electron chi connectivity index (χ2n) is 5.64. The minimum Gasteiger partial charge on any atom is -0.483 e. The zero-order valence-corrected chi connectivity index (χ0v) is 14.6. The number of carbonyl (C=O) groups is 2. The maximum absolute atomic E-state index is 12.0. The molecular weight excluding hydrogens is 362 g/mol. The van der Waals surface area contributed by atoms with E-state index >= 15 is 0 Å². The number of fused-ring (bicyclic) bond motifs is 1. The minimum absolute atomic E-state index is 0.0388. The van der Waals surface area contributed by atoms with Crippen LogP contribution in [0.3, 0.4) is 0 Å². The number of carboxylic acids is 1. The number of aromatic nitrogens is 2. The van der Waals surface area contributed by atoms with Crippen LogP contribution in [0.15, 0.2) is 30.5 Å². The van der Waals surface area contributed by atoms with Gasteiger partial charge in [0.1, 0.15) is 23.3 Å². The van der Waals surface area contributed by atoms with Gasteiger partial charge in [-0.1, -0.05) is 11.6 Å². The number of rotatable bonds is 6. The van der Waals surface area contributed by atoms with Crippen molar-refractivity contribution in [2.45, 2.75) is 19.4 Å². The molecule has 2 aromatic rings. The quantitative estimate of drug-likeness (QED) is 0.824. The van der Waals surface area contributed by atoms with Gasteiger partial charge in [-0.25, -0.2) is 0 Å². The molecular formula is C17H16ClN3O5. The van der Waals surface area contributed by atoms with Crippen molar-refractivity contribution >= 4 is 29.2 Å². The van der Waals surface area contributed by atoms with Gasteiger partial charge < -0.3 is 19.5 Å². The molecule has 2 heterocycles. The zero-order chi connectivity index (χ0) is 18.7. The van der Waals surface area contributed by atoms with E-state index in [1.165, 1.54) is 11.0 Å². The fourth-order valence-electron chi connectivity index (χ4n) is 2.53.